The number of benzene rings is 2. The van der Waals surface area contributed by atoms with Gasteiger partial charge in [0, 0.05) is 37.7 Å². The Morgan fingerprint density at radius 2 is 1.81 bits per heavy atom. The number of carbonyl (C=O) groups is 1. The minimum absolute atomic E-state index is 0.343. The number of rotatable bonds is 11. The number of alkyl carbamates (subject to hydrolysis) is 1. The molecule has 36 heavy (non-hydrogen) atoms. The highest BCUT2D eigenvalue weighted by atomic mass is 16.5. The number of nitrogens with zero attached hydrogens (tertiary/aromatic N) is 3. The van der Waals surface area contributed by atoms with Crippen molar-refractivity contribution < 1.29 is 14.3 Å². The summed E-state index contributed by atoms with van der Waals surface area (Å²) in [4.78, 5) is 21.6. The van der Waals surface area contributed by atoms with E-state index < -0.39 is 6.09 Å². The molecular weight excluding hydrogens is 454 g/mol. The molecule has 0 bridgehead atoms. The van der Waals surface area contributed by atoms with Gasteiger partial charge in [0.1, 0.15) is 24.6 Å². The van der Waals surface area contributed by atoms with E-state index in [1.54, 1.807) is 0 Å². The fraction of sp³-hybridized carbons (Fsp3) is 0.393. The molecule has 2 aromatic heterocycles. The van der Waals surface area contributed by atoms with Crippen molar-refractivity contribution in [2.45, 2.75) is 53.4 Å². The van der Waals surface area contributed by atoms with E-state index in [0.717, 1.165) is 44.6 Å². The standard InChI is InChI=1S/C28H35N5O3/c1-5-35-18-25-32-26-20(4)31-24-9-7-6-8-23(24)27(26)33(25)17-22-12-10-21(11-13-22)16-30-28(34)36-15-14-29-19(2)3/h6-13,19,29H,5,14-18H2,1-4H3,(H,30,34). The number of hydrogen-bond acceptors (Lipinski definition) is 6. The van der Waals surface area contributed by atoms with Gasteiger partial charge in [-0.2, -0.15) is 0 Å². The first-order valence-corrected chi connectivity index (χ1v) is 12.5. The summed E-state index contributed by atoms with van der Waals surface area (Å²) in [7, 11) is 0. The van der Waals surface area contributed by atoms with Gasteiger partial charge in [-0.3, -0.25) is 4.98 Å². The summed E-state index contributed by atoms with van der Waals surface area (Å²) < 4.78 is 13.2. The van der Waals surface area contributed by atoms with Crippen LogP contribution in [0.4, 0.5) is 4.79 Å². The lowest BCUT2D eigenvalue weighted by atomic mass is 10.1. The van der Waals surface area contributed by atoms with Gasteiger partial charge in [-0.1, -0.05) is 56.3 Å². The molecule has 0 fully saturated rings. The molecule has 0 aliphatic rings. The molecule has 0 aliphatic heterocycles. The number of aromatic nitrogens is 3. The zero-order chi connectivity index (χ0) is 25.5. The lowest BCUT2D eigenvalue weighted by molar-refractivity contribution is 0.126. The molecule has 0 saturated heterocycles. The third kappa shape index (κ3) is 6.19. The second-order valence-electron chi connectivity index (χ2n) is 9.08. The van der Waals surface area contributed by atoms with E-state index in [0.29, 0.717) is 45.5 Å². The summed E-state index contributed by atoms with van der Waals surface area (Å²) in [6.45, 7) is 11.2. The number of carbonyl (C=O) groups excluding carboxylic acids is 1. The molecule has 190 valence electrons. The second-order valence-corrected chi connectivity index (χ2v) is 9.08. The van der Waals surface area contributed by atoms with Crippen LogP contribution in [0.1, 0.15) is 43.4 Å². The summed E-state index contributed by atoms with van der Waals surface area (Å²) in [5.41, 5.74) is 6.00. The van der Waals surface area contributed by atoms with Gasteiger partial charge in [0.2, 0.25) is 0 Å². The van der Waals surface area contributed by atoms with Crippen LogP contribution in [0.15, 0.2) is 48.5 Å². The maximum atomic E-state index is 11.9. The third-order valence-corrected chi connectivity index (χ3v) is 5.96. The van der Waals surface area contributed by atoms with Crippen LogP contribution in [-0.4, -0.2) is 46.4 Å². The molecule has 2 heterocycles. The van der Waals surface area contributed by atoms with Crippen LogP contribution in [-0.2, 0) is 29.2 Å². The lowest BCUT2D eigenvalue weighted by Crippen LogP contribution is -2.30. The Morgan fingerprint density at radius 1 is 1.06 bits per heavy atom. The normalized spacial score (nSPS) is 11.5. The van der Waals surface area contributed by atoms with Crippen LogP contribution in [0.5, 0.6) is 0 Å². The fourth-order valence-corrected chi connectivity index (χ4v) is 4.17. The highest BCUT2D eigenvalue weighted by molar-refractivity contribution is 6.03. The van der Waals surface area contributed by atoms with Crippen molar-refractivity contribution in [1.29, 1.82) is 0 Å². The zero-order valence-electron chi connectivity index (χ0n) is 21.5. The topological polar surface area (TPSA) is 90.3 Å². The van der Waals surface area contributed by atoms with E-state index in [-0.39, 0.29) is 0 Å². The van der Waals surface area contributed by atoms with Gasteiger partial charge in [0.25, 0.3) is 0 Å². The molecule has 0 unspecified atom stereocenters. The predicted molar refractivity (Wildman–Crippen MR) is 142 cm³/mol. The number of hydrogen-bond donors (Lipinski definition) is 2. The van der Waals surface area contributed by atoms with Crippen molar-refractivity contribution in [2.24, 2.45) is 0 Å². The van der Waals surface area contributed by atoms with Crippen molar-refractivity contribution in [3.05, 3.63) is 71.2 Å². The summed E-state index contributed by atoms with van der Waals surface area (Å²) >= 11 is 0. The van der Waals surface area contributed by atoms with Gasteiger partial charge >= 0.3 is 6.09 Å². The number of imidazole rings is 1. The average molecular weight is 490 g/mol. The number of nitrogens with one attached hydrogen (secondary N) is 2. The minimum Gasteiger partial charge on any atom is -0.448 e. The number of fused-ring (bicyclic) bond motifs is 3. The van der Waals surface area contributed by atoms with Crippen LogP contribution >= 0.6 is 0 Å². The summed E-state index contributed by atoms with van der Waals surface area (Å²) in [5, 5.41) is 7.10. The van der Waals surface area contributed by atoms with Crippen molar-refractivity contribution >= 4 is 28.0 Å². The van der Waals surface area contributed by atoms with Crippen LogP contribution in [0, 0.1) is 6.92 Å². The Hall–Kier alpha value is -3.49. The van der Waals surface area contributed by atoms with Gasteiger partial charge in [-0.15, -0.1) is 0 Å². The first-order valence-electron chi connectivity index (χ1n) is 12.5. The minimum atomic E-state index is -0.411. The van der Waals surface area contributed by atoms with Crippen molar-refractivity contribution in [3.63, 3.8) is 0 Å². The Labute approximate surface area is 212 Å². The van der Waals surface area contributed by atoms with Crippen LogP contribution < -0.4 is 10.6 Å². The molecule has 0 radical (unpaired) electrons. The SMILES string of the molecule is CCOCc1nc2c(C)nc3ccccc3c2n1Cc1ccc(CNC(=O)OCCNC(C)C)cc1. The third-order valence-electron chi connectivity index (χ3n) is 5.96. The summed E-state index contributed by atoms with van der Waals surface area (Å²) in [6, 6.07) is 16.8. The molecule has 2 N–H and O–H groups in total. The number of para-hydroxylation sites is 1. The van der Waals surface area contributed by atoms with Crippen molar-refractivity contribution in [1.82, 2.24) is 25.2 Å². The van der Waals surface area contributed by atoms with Gasteiger partial charge < -0.3 is 24.7 Å². The highest BCUT2D eigenvalue weighted by Gasteiger charge is 2.17. The number of ether oxygens (including phenoxy) is 2. The molecule has 2 aromatic carbocycles. The van der Waals surface area contributed by atoms with Crippen LogP contribution in [0.3, 0.4) is 0 Å². The van der Waals surface area contributed by atoms with E-state index in [2.05, 4.69) is 47.2 Å². The highest BCUT2D eigenvalue weighted by Crippen LogP contribution is 2.28. The van der Waals surface area contributed by atoms with Crippen LogP contribution in [0.2, 0.25) is 0 Å². The van der Waals surface area contributed by atoms with Crippen molar-refractivity contribution in [3.8, 4) is 0 Å². The molecule has 0 atom stereocenters. The largest absolute Gasteiger partial charge is 0.448 e. The lowest BCUT2D eigenvalue weighted by Gasteiger charge is -2.12. The van der Waals surface area contributed by atoms with E-state index >= 15 is 0 Å². The quantitative estimate of drug-likeness (QED) is 0.297. The summed E-state index contributed by atoms with van der Waals surface area (Å²) in [5.74, 6) is 0.883. The Morgan fingerprint density at radius 3 is 2.56 bits per heavy atom. The molecule has 0 saturated carbocycles. The first kappa shape index (κ1) is 25.6. The average Bonchev–Trinajstić information content (AvgIpc) is 3.24. The zero-order valence-corrected chi connectivity index (χ0v) is 21.5. The molecular formula is C28H35N5O3. The first-order chi connectivity index (χ1) is 17.5. The molecule has 8 heteroatoms. The Kier molecular flexibility index (Phi) is 8.51. The summed E-state index contributed by atoms with van der Waals surface area (Å²) in [6.07, 6.45) is -0.411. The molecule has 4 aromatic rings. The van der Waals surface area contributed by atoms with Crippen molar-refractivity contribution in [2.75, 3.05) is 19.8 Å². The van der Waals surface area contributed by atoms with E-state index in [9.17, 15) is 4.79 Å². The van der Waals surface area contributed by atoms with E-state index in [4.69, 9.17) is 19.4 Å². The number of amides is 1. The smallest absolute Gasteiger partial charge is 0.407 e. The van der Waals surface area contributed by atoms with E-state index in [1.807, 2.05) is 44.2 Å². The number of pyridine rings is 1. The van der Waals surface area contributed by atoms with Gasteiger partial charge in [0.05, 0.1) is 16.7 Å². The fourth-order valence-electron chi connectivity index (χ4n) is 4.17. The van der Waals surface area contributed by atoms with Gasteiger partial charge in [0.15, 0.2) is 0 Å². The monoisotopic (exact) mass is 489 g/mol. The van der Waals surface area contributed by atoms with Crippen LogP contribution in [0.25, 0.3) is 21.9 Å². The molecule has 4 rings (SSSR count). The predicted octanol–water partition coefficient (Wildman–Crippen LogP) is 4.70. The Balaban J connectivity index is 1.49. The molecule has 8 nitrogen and oxygen atoms in total. The van der Waals surface area contributed by atoms with Gasteiger partial charge in [-0.05, 0) is 31.0 Å². The second kappa shape index (κ2) is 12.0. The maximum absolute atomic E-state index is 11.9. The number of aryl methyl sites for hydroxylation is 1. The molecule has 1 amide bonds. The van der Waals surface area contributed by atoms with E-state index in [1.165, 1.54) is 0 Å². The molecule has 0 aliphatic carbocycles. The molecule has 0 spiro atoms. The Bertz CT molecular complexity index is 1310. The maximum Gasteiger partial charge on any atom is 0.407 e. The van der Waals surface area contributed by atoms with Gasteiger partial charge in [-0.25, -0.2) is 9.78 Å².